The minimum absolute atomic E-state index is 0.00485. The second-order valence-electron chi connectivity index (χ2n) is 8.06. The zero-order valence-electron chi connectivity index (χ0n) is 18.7. The van der Waals surface area contributed by atoms with Gasteiger partial charge in [0.05, 0.1) is 21.7 Å². The summed E-state index contributed by atoms with van der Waals surface area (Å²) >= 11 is 0. The zero-order valence-corrected chi connectivity index (χ0v) is 19.5. The van der Waals surface area contributed by atoms with Gasteiger partial charge in [0.25, 0.3) is 11.8 Å². The van der Waals surface area contributed by atoms with Crippen molar-refractivity contribution in [1.82, 2.24) is 9.62 Å². The van der Waals surface area contributed by atoms with Gasteiger partial charge in [0.1, 0.15) is 0 Å². The molecule has 0 spiro atoms. The normalized spacial score (nSPS) is 13.6. The Labute approximate surface area is 193 Å². The molecule has 0 unspecified atom stereocenters. The molecule has 0 radical (unpaired) electrons. The standard InChI is InChI=1S/C23H27N3O6S/c1-15(2)26(3)33(30,31)18-8-6-7-16(13-18)23(29)32-14-21(27)25-20-10-5-4-9-19(20)22(28)24-17-11-12-17/h4-10,13,15,17H,11-12,14H2,1-3H3,(H,24,28)(H,25,27). The molecule has 1 fully saturated rings. The summed E-state index contributed by atoms with van der Waals surface area (Å²) in [5.41, 5.74) is 0.628. The predicted octanol–water partition coefficient (Wildman–Crippen LogP) is 2.40. The van der Waals surface area contributed by atoms with E-state index in [1.54, 1.807) is 38.1 Å². The Morgan fingerprint density at radius 3 is 2.45 bits per heavy atom. The van der Waals surface area contributed by atoms with Gasteiger partial charge in [0, 0.05) is 19.1 Å². The lowest BCUT2D eigenvalue weighted by atomic mass is 10.1. The van der Waals surface area contributed by atoms with Crippen molar-refractivity contribution >= 4 is 33.5 Å². The molecule has 33 heavy (non-hydrogen) atoms. The van der Waals surface area contributed by atoms with Crippen LogP contribution in [0.1, 0.15) is 47.4 Å². The molecule has 0 aromatic heterocycles. The van der Waals surface area contributed by atoms with Gasteiger partial charge in [-0.1, -0.05) is 18.2 Å². The van der Waals surface area contributed by atoms with Crippen molar-refractivity contribution in [2.75, 3.05) is 19.0 Å². The number of sulfonamides is 1. The Hall–Kier alpha value is -3.24. The molecule has 1 saturated carbocycles. The van der Waals surface area contributed by atoms with Crippen LogP contribution in [-0.4, -0.2) is 56.2 Å². The number of benzene rings is 2. The SMILES string of the molecule is CC(C)N(C)S(=O)(=O)c1cccc(C(=O)OCC(=O)Nc2ccccc2C(=O)NC2CC2)c1. The first-order valence-electron chi connectivity index (χ1n) is 10.5. The number of ether oxygens (including phenoxy) is 1. The van der Waals surface area contributed by atoms with E-state index < -0.39 is 28.5 Å². The summed E-state index contributed by atoms with van der Waals surface area (Å²) in [6.07, 6.45) is 1.87. The van der Waals surface area contributed by atoms with Gasteiger partial charge in [-0.25, -0.2) is 13.2 Å². The highest BCUT2D eigenvalue weighted by atomic mass is 32.2. The van der Waals surface area contributed by atoms with Crippen LogP contribution in [0.2, 0.25) is 0 Å². The summed E-state index contributed by atoms with van der Waals surface area (Å²) in [7, 11) is -2.32. The monoisotopic (exact) mass is 473 g/mol. The maximum atomic E-state index is 12.7. The Morgan fingerprint density at radius 2 is 1.79 bits per heavy atom. The Bertz CT molecular complexity index is 1160. The smallest absolute Gasteiger partial charge is 0.338 e. The number of esters is 1. The van der Waals surface area contributed by atoms with E-state index in [2.05, 4.69) is 10.6 Å². The average molecular weight is 474 g/mol. The van der Waals surface area contributed by atoms with Crippen LogP contribution in [0.15, 0.2) is 53.4 Å². The number of nitrogens with zero attached hydrogens (tertiary/aromatic N) is 1. The summed E-state index contributed by atoms with van der Waals surface area (Å²) in [6, 6.07) is 11.9. The minimum atomic E-state index is -3.78. The van der Waals surface area contributed by atoms with Gasteiger partial charge < -0.3 is 15.4 Å². The van der Waals surface area contributed by atoms with E-state index >= 15 is 0 Å². The Kier molecular flexibility index (Phi) is 7.50. The van der Waals surface area contributed by atoms with Crippen molar-refractivity contribution in [3.8, 4) is 0 Å². The minimum Gasteiger partial charge on any atom is -0.452 e. The number of anilines is 1. The van der Waals surface area contributed by atoms with E-state index in [0.717, 1.165) is 12.8 Å². The van der Waals surface area contributed by atoms with E-state index in [1.165, 1.54) is 35.6 Å². The van der Waals surface area contributed by atoms with Gasteiger partial charge in [0.15, 0.2) is 6.61 Å². The number of amides is 2. The van der Waals surface area contributed by atoms with Crippen LogP contribution in [0.5, 0.6) is 0 Å². The van der Waals surface area contributed by atoms with Crippen molar-refractivity contribution in [3.05, 3.63) is 59.7 Å². The van der Waals surface area contributed by atoms with E-state index in [9.17, 15) is 22.8 Å². The van der Waals surface area contributed by atoms with Gasteiger partial charge in [-0.2, -0.15) is 4.31 Å². The maximum Gasteiger partial charge on any atom is 0.338 e. The Balaban J connectivity index is 1.63. The largest absolute Gasteiger partial charge is 0.452 e. The molecule has 9 nitrogen and oxygen atoms in total. The molecule has 0 aliphatic heterocycles. The summed E-state index contributed by atoms with van der Waals surface area (Å²) in [5.74, 6) is -1.75. The molecule has 0 bridgehead atoms. The van der Waals surface area contributed by atoms with Crippen LogP contribution < -0.4 is 10.6 Å². The summed E-state index contributed by atoms with van der Waals surface area (Å²) in [5, 5.41) is 5.43. The molecule has 176 valence electrons. The number of nitrogens with one attached hydrogen (secondary N) is 2. The third-order valence-corrected chi connectivity index (χ3v) is 7.20. The van der Waals surface area contributed by atoms with Crippen molar-refractivity contribution in [2.24, 2.45) is 0 Å². The quantitative estimate of drug-likeness (QED) is 0.540. The fraction of sp³-hybridized carbons (Fsp3) is 0.348. The lowest BCUT2D eigenvalue weighted by molar-refractivity contribution is -0.119. The van der Waals surface area contributed by atoms with Gasteiger partial charge in [-0.05, 0) is 57.0 Å². The summed E-state index contributed by atoms with van der Waals surface area (Å²) < 4.78 is 31.6. The molecule has 1 aliphatic carbocycles. The van der Waals surface area contributed by atoms with Crippen LogP contribution in [0.4, 0.5) is 5.69 Å². The van der Waals surface area contributed by atoms with Crippen molar-refractivity contribution in [1.29, 1.82) is 0 Å². The fourth-order valence-corrected chi connectivity index (χ4v) is 4.32. The highest BCUT2D eigenvalue weighted by molar-refractivity contribution is 7.89. The van der Waals surface area contributed by atoms with E-state index in [-0.39, 0.29) is 28.4 Å². The Morgan fingerprint density at radius 1 is 1.09 bits per heavy atom. The maximum absolute atomic E-state index is 12.7. The lowest BCUT2D eigenvalue weighted by Crippen LogP contribution is -2.33. The number of carbonyl (C=O) groups is 3. The van der Waals surface area contributed by atoms with Crippen LogP contribution in [0.25, 0.3) is 0 Å². The van der Waals surface area contributed by atoms with Crippen molar-refractivity contribution < 1.29 is 27.5 Å². The predicted molar refractivity (Wildman–Crippen MR) is 122 cm³/mol. The molecule has 0 atom stereocenters. The number of carbonyl (C=O) groups excluding carboxylic acids is 3. The first kappa shape index (κ1) is 24.4. The first-order chi connectivity index (χ1) is 15.6. The molecular formula is C23H27N3O6S. The molecule has 10 heteroatoms. The molecule has 2 N–H and O–H groups in total. The number of rotatable bonds is 9. The van der Waals surface area contributed by atoms with Gasteiger partial charge in [-0.15, -0.1) is 0 Å². The van der Waals surface area contributed by atoms with Crippen LogP contribution >= 0.6 is 0 Å². The highest BCUT2D eigenvalue weighted by Gasteiger charge is 2.26. The average Bonchev–Trinajstić information content (AvgIpc) is 3.61. The number of hydrogen-bond donors (Lipinski definition) is 2. The number of hydrogen-bond acceptors (Lipinski definition) is 6. The summed E-state index contributed by atoms with van der Waals surface area (Å²) in [6.45, 7) is 2.88. The zero-order chi connectivity index (χ0) is 24.2. The first-order valence-corrected chi connectivity index (χ1v) is 12.0. The van der Waals surface area contributed by atoms with Crippen LogP contribution in [0.3, 0.4) is 0 Å². The van der Waals surface area contributed by atoms with E-state index in [4.69, 9.17) is 4.74 Å². The van der Waals surface area contributed by atoms with Crippen molar-refractivity contribution in [3.63, 3.8) is 0 Å². The molecule has 2 amide bonds. The molecule has 0 saturated heterocycles. The third-order valence-electron chi connectivity index (χ3n) is 5.17. The van der Waals surface area contributed by atoms with Gasteiger partial charge in [0.2, 0.25) is 10.0 Å². The molecule has 3 rings (SSSR count). The highest BCUT2D eigenvalue weighted by Crippen LogP contribution is 2.22. The van der Waals surface area contributed by atoms with E-state index in [1.807, 2.05) is 0 Å². The van der Waals surface area contributed by atoms with Crippen LogP contribution in [-0.2, 0) is 19.6 Å². The molecule has 2 aromatic rings. The van der Waals surface area contributed by atoms with E-state index in [0.29, 0.717) is 11.3 Å². The molecule has 0 heterocycles. The molecule has 1 aliphatic rings. The topological polar surface area (TPSA) is 122 Å². The fourth-order valence-electron chi connectivity index (χ4n) is 2.91. The second kappa shape index (κ2) is 10.1. The third kappa shape index (κ3) is 6.17. The lowest BCUT2D eigenvalue weighted by Gasteiger charge is -2.21. The molecule has 2 aromatic carbocycles. The molecular weight excluding hydrogens is 446 g/mol. The van der Waals surface area contributed by atoms with Gasteiger partial charge >= 0.3 is 5.97 Å². The van der Waals surface area contributed by atoms with Crippen molar-refractivity contribution in [2.45, 2.75) is 43.7 Å². The van der Waals surface area contributed by atoms with Crippen LogP contribution in [0, 0.1) is 0 Å². The number of para-hydroxylation sites is 1. The second-order valence-corrected chi connectivity index (χ2v) is 10.1. The summed E-state index contributed by atoms with van der Waals surface area (Å²) in [4.78, 5) is 37.0. The van der Waals surface area contributed by atoms with Gasteiger partial charge in [-0.3, -0.25) is 9.59 Å².